The number of rotatable bonds is 2. The second-order valence-corrected chi connectivity index (χ2v) is 6.27. The summed E-state index contributed by atoms with van der Waals surface area (Å²) in [5, 5.41) is 0. The van der Waals surface area contributed by atoms with Crippen LogP contribution in [0.2, 0.25) is 0 Å². The zero-order chi connectivity index (χ0) is 16.0. The third-order valence-electron chi connectivity index (χ3n) is 4.58. The first-order valence-corrected chi connectivity index (χ1v) is 7.97. The molecular formula is C18H20N4O. The van der Waals surface area contributed by atoms with Crippen molar-refractivity contribution in [3.63, 3.8) is 0 Å². The van der Waals surface area contributed by atoms with Gasteiger partial charge in [-0.3, -0.25) is 4.79 Å². The van der Waals surface area contributed by atoms with Crippen molar-refractivity contribution >= 4 is 16.9 Å². The van der Waals surface area contributed by atoms with E-state index in [0.717, 1.165) is 48.5 Å². The van der Waals surface area contributed by atoms with Gasteiger partial charge in [-0.15, -0.1) is 0 Å². The molecule has 0 N–H and O–H groups in total. The highest BCUT2D eigenvalue weighted by Gasteiger charge is 2.20. The molecule has 1 amide bonds. The number of nitrogens with zero attached hydrogens (tertiary/aromatic N) is 4. The minimum absolute atomic E-state index is 0.0301. The standard InChI is InChI=1S/C18H20N4O/c1-20(2)18(23)13-6-7-15-16(12-13)22-11-10-21(14-4-3-5-14)9-8-17(22)19-15/h3-7,12H,8-11H2,1-2H3. The molecular weight excluding hydrogens is 288 g/mol. The number of aromatic nitrogens is 2. The van der Waals surface area contributed by atoms with Crippen LogP contribution in [0.5, 0.6) is 0 Å². The van der Waals surface area contributed by atoms with Crippen LogP contribution in [0.15, 0.2) is 42.1 Å². The van der Waals surface area contributed by atoms with E-state index in [9.17, 15) is 4.79 Å². The van der Waals surface area contributed by atoms with Crippen molar-refractivity contribution in [2.75, 3.05) is 27.2 Å². The van der Waals surface area contributed by atoms with Crippen LogP contribution in [0.25, 0.3) is 11.0 Å². The number of imidazole rings is 1. The lowest BCUT2D eigenvalue weighted by molar-refractivity contribution is 0.0827. The first-order chi connectivity index (χ1) is 11.1. The largest absolute Gasteiger partial charge is 0.369 e. The molecule has 0 bridgehead atoms. The molecule has 1 aliphatic carbocycles. The van der Waals surface area contributed by atoms with Crippen LogP contribution in [0.3, 0.4) is 0 Å². The van der Waals surface area contributed by atoms with Crippen molar-refractivity contribution in [2.45, 2.75) is 13.0 Å². The highest BCUT2D eigenvalue weighted by Crippen LogP contribution is 2.23. The van der Waals surface area contributed by atoms with E-state index in [1.807, 2.05) is 18.2 Å². The van der Waals surface area contributed by atoms with Crippen LogP contribution < -0.4 is 0 Å². The molecule has 2 aromatic rings. The number of hydrogen-bond acceptors (Lipinski definition) is 3. The Morgan fingerprint density at radius 1 is 1.22 bits per heavy atom. The molecule has 4 rings (SSSR count). The van der Waals surface area contributed by atoms with Gasteiger partial charge in [-0.1, -0.05) is 6.08 Å². The molecule has 2 heterocycles. The number of allylic oxidation sites excluding steroid dienone is 3. The summed E-state index contributed by atoms with van der Waals surface area (Å²) in [6.45, 7) is 2.86. The van der Waals surface area contributed by atoms with Crippen molar-refractivity contribution in [2.24, 2.45) is 0 Å². The quantitative estimate of drug-likeness (QED) is 0.852. The maximum atomic E-state index is 12.2. The average molecular weight is 308 g/mol. The molecule has 0 radical (unpaired) electrons. The Balaban J connectivity index is 1.69. The van der Waals surface area contributed by atoms with E-state index in [2.05, 4.69) is 27.7 Å². The van der Waals surface area contributed by atoms with Gasteiger partial charge in [0.2, 0.25) is 0 Å². The monoisotopic (exact) mass is 308 g/mol. The number of benzene rings is 1. The van der Waals surface area contributed by atoms with E-state index in [4.69, 9.17) is 4.98 Å². The van der Waals surface area contributed by atoms with Crippen molar-refractivity contribution in [3.05, 3.63) is 53.5 Å². The number of fused-ring (bicyclic) bond motifs is 3. The third-order valence-corrected chi connectivity index (χ3v) is 4.58. The number of carbonyl (C=O) groups is 1. The summed E-state index contributed by atoms with van der Waals surface area (Å²) in [7, 11) is 3.56. The molecule has 0 spiro atoms. The molecule has 5 heteroatoms. The number of amides is 1. The van der Waals surface area contributed by atoms with E-state index in [1.165, 1.54) is 5.70 Å². The summed E-state index contributed by atoms with van der Waals surface area (Å²) >= 11 is 0. The summed E-state index contributed by atoms with van der Waals surface area (Å²) in [4.78, 5) is 21.0. The molecule has 118 valence electrons. The molecule has 1 aromatic carbocycles. The second kappa shape index (κ2) is 5.26. The number of carbonyl (C=O) groups excluding carboxylic acids is 1. The van der Waals surface area contributed by atoms with Crippen LogP contribution in [-0.2, 0) is 13.0 Å². The lowest BCUT2D eigenvalue weighted by Crippen LogP contribution is -2.26. The summed E-state index contributed by atoms with van der Waals surface area (Å²) in [6.07, 6.45) is 7.31. The summed E-state index contributed by atoms with van der Waals surface area (Å²) in [5.41, 5.74) is 4.07. The zero-order valence-electron chi connectivity index (χ0n) is 13.5. The predicted octanol–water partition coefficient (Wildman–Crippen LogP) is 2.05. The predicted molar refractivity (Wildman–Crippen MR) is 90.3 cm³/mol. The van der Waals surface area contributed by atoms with Gasteiger partial charge in [0.25, 0.3) is 5.91 Å². The third kappa shape index (κ3) is 2.32. The Kier molecular flexibility index (Phi) is 3.22. The maximum absolute atomic E-state index is 12.2. The van der Waals surface area contributed by atoms with Gasteiger partial charge in [-0.05, 0) is 30.4 Å². The average Bonchev–Trinajstić information content (AvgIpc) is 2.71. The first kappa shape index (κ1) is 14.1. The number of hydrogen-bond donors (Lipinski definition) is 0. The minimum Gasteiger partial charge on any atom is -0.369 e. The summed E-state index contributed by atoms with van der Waals surface area (Å²) in [6, 6.07) is 5.81. The SMILES string of the molecule is CN(C)C(=O)c1ccc2nc3n(c2c1)CCN(C1=CC=C1)CC3. The Labute approximate surface area is 135 Å². The molecule has 0 saturated heterocycles. The van der Waals surface area contributed by atoms with Gasteiger partial charge in [0.05, 0.1) is 11.0 Å². The van der Waals surface area contributed by atoms with E-state index in [0.29, 0.717) is 0 Å². The van der Waals surface area contributed by atoms with Crippen LogP contribution >= 0.6 is 0 Å². The fraction of sp³-hybridized carbons (Fsp3) is 0.333. The summed E-state index contributed by atoms with van der Waals surface area (Å²) in [5.74, 6) is 1.14. The van der Waals surface area contributed by atoms with Gasteiger partial charge in [-0.2, -0.15) is 0 Å². The molecule has 1 aromatic heterocycles. The molecule has 1 aliphatic heterocycles. The minimum atomic E-state index is 0.0301. The van der Waals surface area contributed by atoms with E-state index < -0.39 is 0 Å². The molecule has 5 nitrogen and oxygen atoms in total. The van der Waals surface area contributed by atoms with Crippen molar-refractivity contribution in [3.8, 4) is 0 Å². The van der Waals surface area contributed by atoms with E-state index >= 15 is 0 Å². The van der Waals surface area contributed by atoms with Gasteiger partial charge < -0.3 is 14.4 Å². The Bertz CT molecular complexity index is 844. The van der Waals surface area contributed by atoms with E-state index in [-0.39, 0.29) is 5.91 Å². The van der Waals surface area contributed by atoms with Crippen molar-refractivity contribution in [1.29, 1.82) is 0 Å². The molecule has 2 aliphatic rings. The smallest absolute Gasteiger partial charge is 0.253 e. The van der Waals surface area contributed by atoms with Crippen LogP contribution in [-0.4, -0.2) is 52.4 Å². The normalized spacial score (nSPS) is 16.6. The van der Waals surface area contributed by atoms with Crippen LogP contribution in [0, 0.1) is 0 Å². The molecule has 0 unspecified atom stereocenters. The first-order valence-electron chi connectivity index (χ1n) is 7.97. The lowest BCUT2D eigenvalue weighted by Gasteiger charge is -2.25. The molecule has 23 heavy (non-hydrogen) atoms. The maximum Gasteiger partial charge on any atom is 0.253 e. The fourth-order valence-corrected chi connectivity index (χ4v) is 3.22. The Morgan fingerprint density at radius 3 is 2.74 bits per heavy atom. The van der Waals surface area contributed by atoms with Crippen molar-refractivity contribution in [1.82, 2.24) is 19.4 Å². The highest BCUT2D eigenvalue weighted by atomic mass is 16.2. The molecule has 0 atom stereocenters. The van der Waals surface area contributed by atoms with Gasteiger partial charge in [0, 0.05) is 51.4 Å². The van der Waals surface area contributed by atoms with Crippen LogP contribution in [0.4, 0.5) is 0 Å². The van der Waals surface area contributed by atoms with Gasteiger partial charge in [-0.25, -0.2) is 4.98 Å². The van der Waals surface area contributed by atoms with Gasteiger partial charge in [0.15, 0.2) is 0 Å². The van der Waals surface area contributed by atoms with Gasteiger partial charge in [0.1, 0.15) is 5.82 Å². The Morgan fingerprint density at radius 2 is 2.04 bits per heavy atom. The Hall–Kier alpha value is -2.56. The van der Waals surface area contributed by atoms with Gasteiger partial charge >= 0.3 is 0 Å². The molecule has 0 saturated carbocycles. The zero-order valence-corrected chi connectivity index (χ0v) is 13.5. The molecule has 0 fully saturated rings. The lowest BCUT2D eigenvalue weighted by atomic mass is 10.1. The highest BCUT2D eigenvalue weighted by molar-refractivity contribution is 5.97. The van der Waals surface area contributed by atoms with Crippen LogP contribution in [0.1, 0.15) is 16.2 Å². The fourth-order valence-electron chi connectivity index (χ4n) is 3.22. The van der Waals surface area contributed by atoms with Crippen molar-refractivity contribution < 1.29 is 4.79 Å². The summed E-state index contributed by atoms with van der Waals surface area (Å²) < 4.78 is 2.27. The second-order valence-electron chi connectivity index (χ2n) is 6.27. The van der Waals surface area contributed by atoms with E-state index in [1.54, 1.807) is 19.0 Å². The topological polar surface area (TPSA) is 41.4 Å².